The highest BCUT2D eigenvalue weighted by Crippen LogP contribution is 2.25. The summed E-state index contributed by atoms with van der Waals surface area (Å²) in [5.41, 5.74) is 1.85. The molecule has 1 saturated heterocycles. The van der Waals surface area contributed by atoms with E-state index in [9.17, 15) is 9.18 Å². The Morgan fingerprint density at radius 2 is 2.17 bits per heavy atom. The largest absolute Gasteiger partial charge is 0.376 e. The van der Waals surface area contributed by atoms with Gasteiger partial charge in [-0.15, -0.1) is 11.3 Å². The van der Waals surface area contributed by atoms with Gasteiger partial charge in [-0.2, -0.15) is 5.10 Å². The van der Waals surface area contributed by atoms with E-state index in [1.54, 1.807) is 40.0 Å². The number of benzene rings is 1. The van der Waals surface area contributed by atoms with Crippen LogP contribution in [0.1, 0.15) is 39.3 Å². The third-order valence-electron chi connectivity index (χ3n) is 5.19. The summed E-state index contributed by atoms with van der Waals surface area (Å²) >= 11 is 8.22. The Hall–Kier alpha value is -2.22. The number of rotatable bonds is 7. The van der Waals surface area contributed by atoms with Crippen molar-refractivity contribution in [3.63, 3.8) is 0 Å². The maximum absolute atomic E-state index is 13.5. The van der Waals surface area contributed by atoms with Crippen LogP contribution in [0.5, 0.6) is 0 Å². The number of aryl methyl sites for hydroxylation is 1. The van der Waals surface area contributed by atoms with Crippen molar-refractivity contribution in [2.75, 3.05) is 13.2 Å². The summed E-state index contributed by atoms with van der Waals surface area (Å²) in [7, 11) is 0. The molecule has 8 heteroatoms. The maximum atomic E-state index is 13.5. The van der Waals surface area contributed by atoms with Crippen molar-refractivity contribution in [1.29, 1.82) is 0 Å². The van der Waals surface area contributed by atoms with E-state index in [1.807, 2.05) is 17.5 Å². The van der Waals surface area contributed by atoms with Crippen LogP contribution in [0.25, 0.3) is 0 Å². The second-order valence-electron chi connectivity index (χ2n) is 7.44. The molecule has 1 atom stereocenters. The number of aromatic nitrogens is 2. The molecule has 4 rings (SSSR count). The van der Waals surface area contributed by atoms with Crippen LogP contribution in [-0.4, -0.2) is 39.8 Å². The van der Waals surface area contributed by atoms with Crippen LogP contribution in [0.4, 0.5) is 4.39 Å². The van der Waals surface area contributed by atoms with Gasteiger partial charge in [0, 0.05) is 18.0 Å². The molecule has 1 aliphatic rings. The first kappa shape index (κ1) is 21.0. The Kier molecular flexibility index (Phi) is 6.51. The van der Waals surface area contributed by atoms with Gasteiger partial charge in [0.15, 0.2) is 0 Å². The Morgan fingerprint density at radius 3 is 2.83 bits per heavy atom. The molecule has 0 bridgehead atoms. The molecule has 2 aromatic heterocycles. The zero-order chi connectivity index (χ0) is 21.1. The second kappa shape index (κ2) is 9.29. The second-order valence-corrected chi connectivity index (χ2v) is 8.83. The molecule has 158 valence electrons. The summed E-state index contributed by atoms with van der Waals surface area (Å²) in [4.78, 5) is 16.4. The fourth-order valence-electron chi connectivity index (χ4n) is 3.67. The molecule has 3 heterocycles. The molecule has 1 aromatic carbocycles. The number of hydrogen-bond acceptors (Lipinski definition) is 4. The standard InChI is InChI=1S/C22H23ClFN3O2S/c1-15-20(21(23)27(25-15)12-16-6-8-17(24)9-7-16)22(28)26(13-18-4-2-10-29-18)14-19-5-3-11-30-19/h3,5-9,11,18H,2,4,10,12-14H2,1H3. The van der Waals surface area contributed by atoms with Crippen LogP contribution in [0.15, 0.2) is 41.8 Å². The quantitative estimate of drug-likeness (QED) is 0.516. The Bertz CT molecular complexity index is 998. The van der Waals surface area contributed by atoms with Crippen LogP contribution < -0.4 is 0 Å². The van der Waals surface area contributed by atoms with Gasteiger partial charge in [-0.1, -0.05) is 29.8 Å². The average molecular weight is 448 g/mol. The van der Waals surface area contributed by atoms with Crippen molar-refractivity contribution in [2.24, 2.45) is 0 Å². The van der Waals surface area contributed by atoms with E-state index in [4.69, 9.17) is 16.3 Å². The number of thiophene rings is 1. The highest BCUT2D eigenvalue weighted by Gasteiger charge is 2.28. The van der Waals surface area contributed by atoms with E-state index in [-0.39, 0.29) is 17.8 Å². The summed E-state index contributed by atoms with van der Waals surface area (Å²) in [6, 6.07) is 10.2. The Balaban J connectivity index is 1.58. The van der Waals surface area contributed by atoms with Gasteiger partial charge in [-0.3, -0.25) is 4.79 Å². The Labute approximate surface area is 184 Å². The molecule has 3 aromatic rings. The monoisotopic (exact) mass is 447 g/mol. The first-order valence-electron chi connectivity index (χ1n) is 9.92. The molecule has 0 aliphatic carbocycles. The van der Waals surface area contributed by atoms with Gasteiger partial charge >= 0.3 is 0 Å². The highest BCUT2D eigenvalue weighted by atomic mass is 35.5. The minimum atomic E-state index is -0.296. The summed E-state index contributed by atoms with van der Waals surface area (Å²) in [6.45, 7) is 3.92. The number of halogens is 2. The summed E-state index contributed by atoms with van der Waals surface area (Å²) in [5.74, 6) is -0.442. The first-order chi connectivity index (χ1) is 14.5. The third-order valence-corrected chi connectivity index (χ3v) is 6.43. The molecule has 1 amide bonds. The third kappa shape index (κ3) is 4.74. The SMILES string of the molecule is Cc1nn(Cc2ccc(F)cc2)c(Cl)c1C(=O)N(Cc1cccs1)CC1CCCO1. The van der Waals surface area contributed by atoms with Crippen molar-refractivity contribution in [3.05, 3.63) is 74.4 Å². The number of carbonyl (C=O) groups excluding carboxylic acids is 1. The smallest absolute Gasteiger partial charge is 0.259 e. The maximum Gasteiger partial charge on any atom is 0.259 e. The van der Waals surface area contributed by atoms with Crippen LogP contribution in [-0.2, 0) is 17.8 Å². The number of nitrogens with zero attached hydrogens (tertiary/aromatic N) is 3. The molecule has 1 fully saturated rings. The molecular weight excluding hydrogens is 425 g/mol. The van der Waals surface area contributed by atoms with Gasteiger partial charge in [0.2, 0.25) is 0 Å². The fourth-order valence-corrected chi connectivity index (χ4v) is 4.70. The lowest BCUT2D eigenvalue weighted by atomic mass is 10.2. The summed E-state index contributed by atoms with van der Waals surface area (Å²) in [6.07, 6.45) is 2.01. The molecule has 5 nitrogen and oxygen atoms in total. The van der Waals surface area contributed by atoms with E-state index in [2.05, 4.69) is 5.10 Å². The molecular formula is C22H23ClFN3O2S. The minimum absolute atomic E-state index is 0.0438. The van der Waals surface area contributed by atoms with E-state index in [0.29, 0.717) is 36.0 Å². The molecule has 0 radical (unpaired) electrons. The zero-order valence-electron chi connectivity index (χ0n) is 16.7. The van der Waals surface area contributed by atoms with E-state index >= 15 is 0 Å². The molecule has 0 N–H and O–H groups in total. The minimum Gasteiger partial charge on any atom is -0.376 e. The average Bonchev–Trinajstić information content (AvgIpc) is 3.47. The van der Waals surface area contributed by atoms with Crippen LogP contribution in [0.2, 0.25) is 5.15 Å². The predicted octanol–water partition coefficient (Wildman–Crippen LogP) is 4.92. The van der Waals surface area contributed by atoms with Crippen molar-refractivity contribution < 1.29 is 13.9 Å². The van der Waals surface area contributed by atoms with Gasteiger partial charge < -0.3 is 9.64 Å². The number of amides is 1. The summed E-state index contributed by atoms with van der Waals surface area (Å²) in [5, 5.41) is 6.77. The van der Waals surface area contributed by atoms with E-state index < -0.39 is 0 Å². The highest BCUT2D eigenvalue weighted by molar-refractivity contribution is 7.09. The van der Waals surface area contributed by atoms with Gasteiger partial charge in [0.25, 0.3) is 5.91 Å². The summed E-state index contributed by atoms with van der Waals surface area (Å²) < 4.78 is 20.5. The van der Waals surface area contributed by atoms with Gasteiger partial charge in [-0.25, -0.2) is 9.07 Å². The molecule has 0 saturated carbocycles. The Morgan fingerprint density at radius 1 is 1.37 bits per heavy atom. The van der Waals surface area contributed by atoms with Gasteiger partial charge in [0.05, 0.1) is 30.5 Å². The van der Waals surface area contributed by atoms with Crippen LogP contribution in [0, 0.1) is 12.7 Å². The lowest BCUT2D eigenvalue weighted by Gasteiger charge is -2.25. The van der Waals surface area contributed by atoms with E-state index in [1.165, 1.54) is 12.1 Å². The molecule has 30 heavy (non-hydrogen) atoms. The van der Waals surface area contributed by atoms with Gasteiger partial charge in [0.1, 0.15) is 11.0 Å². The van der Waals surface area contributed by atoms with Crippen molar-refractivity contribution in [1.82, 2.24) is 14.7 Å². The molecule has 0 spiro atoms. The molecule has 1 aliphatic heterocycles. The van der Waals surface area contributed by atoms with E-state index in [0.717, 1.165) is 29.9 Å². The normalized spacial score (nSPS) is 16.2. The lowest BCUT2D eigenvalue weighted by Crippen LogP contribution is -2.37. The van der Waals surface area contributed by atoms with Crippen LogP contribution >= 0.6 is 22.9 Å². The molecule has 1 unspecified atom stereocenters. The topological polar surface area (TPSA) is 47.4 Å². The lowest BCUT2D eigenvalue weighted by molar-refractivity contribution is 0.0509. The van der Waals surface area contributed by atoms with Crippen molar-refractivity contribution >= 4 is 28.8 Å². The fraction of sp³-hybridized carbons (Fsp3) is 0.364. The predicted molar refractivity (Wildman–Crippen MR) is 116 cm³/mol. The zero-order valence-corrected chi connectivity index (χ0v) is 18.3. The number of carbonyl (C=O) groups is 1. The van der Waals surface area contributed by atoms with Crippen molar-refractivity contribution in [3.8, 4) is 0 Å². The van der Waals surface area contributed by atoms with Crippen molar-refractivity contribution in [2.45, 2.75) is 39.0 Å². The first-order valence-corrected chi connectivity index (χ1v) is 11.2. The number of hydrogen-bond donors (Lipinski definition) is 0. The number of ether oxygens (including phenoxy) is 1. The van der Waals surface area contributed by atoms with Crippen LogP contribution in [0.3, 0.4) is 0 Å². The van der Waals surface area contributed by atoms with Gasteiger partial charge in [-0.05, 0) is 48.9 Å².